The van der Waals surface area contributed by atoms with Gasteiger partial charge >= 0.3 is 12.1 Å². The maximum Gasteiger partial charge on any atom is 0.407 e. The van der Waals surface area contributed by atoms with Gasteiger partial charge in [-0.25, -0.2) is 4.79 Å². The second kappa shape index (κ2) is 11.6. The van der Waals surface area contributed by atoms with Crippen LogP contribution in [0.25, 0.3) is 0 Å². The molecule has 1 aromatic rings. The molecule has 218 valence electrons. The molecule has 0 spiro atoms. The fourth-order valence-corrected chi connectivity index (χ4v) is 9.33. The lowest BCUT2D eigenvalue weighted by Gasteiger charge is -2.64. The average Bonchev–Trinajstić information content (AvgIpc) is 3.19. The van der Waals surface area contributed by atoms with Gasteiger partial charge in [0.1, 0.15) is 6.10 Å². The minimum absolute atomic E-state index is 0. The van der Waals surface area contributed by atoms with E-state index in [-0.39, 0.29) is 59.4 Å². The Morgan fingerprint density at radius 1 is 1.05 bits per heavy atom. The van der Waals surface area contributed by atoms with E-state index in [1.54, 1.807) is 0 Å². The van der Waals surface area contributed by atoms with Gasteiger partial charge in [-0.05, 0) is 98.4 Å². The number of methoxy groups -OCH3 is 1. The summed E-state index contributed by atoms with van der Waals surface area (Å²) in [6.45, 7) is 4.56. The third kappa shape index (κ3) is 5.19. The fraction of sp³-hybridized carbons (Fsp3) is 0.742. The Labute approximate surface area is 239 Å². The number of aliphatic hydroxyl groups excluding tert-OH is 1. The lowest BCUT2D eigenvalue weighted by atomic mass is 9.42. The molecule has 0 bridgehead atoms. The van der Waals surface area contributed by atoms with Crippen LogP contribution in [0.3, 0.4) is 0 Å². The highest BCUT2D eigenvalue weighted by Gasteiger charge is 2.67. The van der Waals surface area contributed by atoms with Crippen LogP contribution in [-0.4, -0.2) is 48.6 Å². The Balaban J connectivity index is 0.00000353. The van der Waals surface area contributed by atoms with E-state index in [4.69, 9.17) is 15.2 Å². The number of carbonyl (C=O) groups excluding carboxylic acids is 2. The van der Waals surface area contributed by atoms with Crippen molar-refractivity contribution in [2.75, 3.05) is 13.7 Å². The van der Waals surface area contributed by atoms with E-state index in [2.05, 4.69) is 19.2 Å². The Bertz CT molecular complexity index is 1030. The number of ether oxygens (including phenoxy) is 2. The summed E-state index contributed by atoms with van der Waals surface area (Å²) < 4.78 is 11.1. The summed E-state index contributed by atoms with van der Waals surface area (Å²) in [5, 5.41) is 12.7. The molecule has 4 aliphatic rings. The second-order valence-electron chi connectivity index (χ2n) is 13.1. The van der Waals surface area contributed by atoms with Gasteiger partial charge in [-0.2, -0.15) is 0 Å². The first-order chi connectivity index (χ1) is 18.1. The van der Waals surface area contributed by atoms with E-state index >= 15 is 0 Å². The molecule has 7 nitrogen and oxygen atoms in total. The van der Waals surface area contributed by atoms with Gasteiger partial charge in [0.05, 0.1) is 25.7 Å². The van der Waals surface area contributed by atoms with E-state index in [1.165, 1.54) is 7.11 Å². The molecule has 1 aromatic carbocycles. The van der Waals surface area contributed by atoms with Crippen molar-refractivity contribution in [1.29, 1.82) is 0 Å². The molecular weight excluding hydrogens is 516 g/mol. The van der Waals surface area contributed by atoms with Crippen LogP contribution in [0.1, 0.15) is 77.2 Å². The maximum absolute atomic E-state index is 12.8. The minimum atomic E-state index is -0.434. The Morgan fingerprint density at radius 3 is 2.49 bits per heavy atom. The number of hydrogen-bond donors (Lipinski definition) is 3. The zero-order valence-corrected chi connectivity index (χ0v) is 24.5. The Hall–Kier alpha value is -1.83. The van der Waals surface area contributed by atoms with E-state index in [0.29, 0.717) is 24.2 Å². The van der Waals surface area contributed by atoms with Crippen LogP contribution in [0, 0.1) is 34.5 Å². The van der Waals surface area contributed by atoms with Crippen molar-refractivity contribution < 1.29 is 24.2 Å². The fourth-order valence-electron chi connectivity index (χ4n) is 9.33. The summed E-state index contributed by atoms with van der Waals surface area (Å²) in [7, 11) is 1.49. The first-order valence-electron chi connectivity index (χ1n) is 14.6. The zero-order chi connectivity index (χ0) is 27.1. The topological polar surface area (TPSA) is 111 Å². The highest BCUT2D eigenvalue weighted by molar-refractivity contribution is 5.85. The van der Waals surface area contributed by atoms with Crippen molar-refractivity contribution in [2.24, 2.45) is 40.2 Å². The van der Waals surface area contributed by atoms with Crippen molar-refractivity contribution in [2.45, 2.75) is 95.7 Å². The van der Waals surface area contributed by atoms with Crippen LogP contribution < -0.4 is 11.1 Å². The lowest BCUT2D eigenvalue weighted by Crippen LogP contribution is -2.66. The molecule has 0 heterocycles. The van der Waals surface area contributed by atoms with Crippen LogP contribution in [0.4, 0.5) is 4.79 Å². The molecular formula is C31H47ClN2O5. The van der Waals surface area contributed by atoms with Crippen molar-refractivity contribution >= 4 is 24.5 Å². The van der Waals surface area contributed by atoms with Crippen LogP contribution in [0.15, 0.2) is 30.3 Å². The van der Waals surface area contributed by atoms with Crippen LogP contribution in [-0.2, 0) is 20.7 Å². The molecule has 1 unspecified atom stereocenters. The predicted molar refractivity (Wildman–Crippen MR) is 152 cm³/mol. The number of aliphatic hydroxyl groups is 1. The van der Waals surface area contributed by atoms with Crippen molar-refractivity contribution in [3.8, 4) is 0 Å². The number of carbonyl (C=O) groups is 2. The molecule has 1 amide bonds. The van der Waals surface area contributed by atoms with Gasteiger partial charge < -0.3 is 25.6 Å². The largest absolute Gasteiger partial charge is 0.469 e. The average molecular weight is 563 g/mol. The van der Waals surface area contributed by atoms with E-state index < -0.39 is 6.09 Å². The third-order valence-electron chi connectivity index (χ3n) is 11.6. The van der Waals surface area contributed by atoms with Gasteiger partial charge in [0.2, 0.25) is 0 Å². The van der Waals surface area contributed by atoms with Gasteiger partial charge in [-0.1, -0.05) is 44.2 Å². The van der Waals surface area contributed by atoms with Gasteiger partial charge in [0, 0.05) is 5.54 Å². The van der Waals surface area contributed by atoms with Crippen molar-refractivity contribution in [1.82, 2.24) is 5.32 Å². The van der Waals surface area contributed by atoms with Gasteiger partial charge in [0.25, 0.3) is 0 Å². The Kier molecular flexibility index (Phi) is 8.94. The molecule has 4 N–H and O–H groups in total. The number of rotatable bonds is 6. The summed E-state index contributed by atoms with van der Waals surface area (Å²) in [6.07, 6.45) is 8.75. The van der Waals surface area contributed by atoms with E-state index in [0.717, 1.165) is 63.4 Å². The number of nitrogens with two attached hydrogens (primary N) is 1. The van der Waals surface area contributed by atoms with Crippen LogP contribution >= 0.6 is 12.4 Å². The molecule has 4 aliphatic carbocycles. The number of hydrogen-bond acceptors (Lipinski definition) is 6. The second-order valence-corrected chi connectivity index (χ2v) is 13.1. The molecule has 0 radical (unpaired) electrons. The predicted octanol–water partition coefficient (Wildman–Crippen LogP) is 5.02. The molecule has 9 atom stereocenters. The Morgan fingerprint density at radius 2 is 1.79 bits per heavy atom. The minimum Gasteiger partial charge on any atom is -0.469 e. The highest BCUT2D eigenvalue weighted by atomic mass is 35.5. The molecule has 0 aromatic heterocycles. The van der Waals surface area contributed by atoms with Gasteiger partial charge in [-0.15, -0.1) is 12.4 Å². The highest BCUT2D eigenvalue weighted by Crippen LogP contribution is 2.68. The number of nitrogens with one attached hydrogen (secondary N) is 1. The number of fused-ring (bicyclic) bond motifs is 5. The van der Waals surface area contributed by atoms with Crippen molar-refractivity contribution in [3.63, 3.8) is 0 Å². The quantitative estimate of drug-likeness (QED) is 0.420. The first-order valence-corrected chi connectivity index (χ1v) is 14.6. The smallest absolute Gasteiger partial charge is 0.407 e. The molecule has 0 aliphatic heterocycles. The molecule has 4 saturated carbocycles. The summed E-state index contributed by atoms with van der Waals surface area (Å²) in [4.78, 5) is 25.4. The zero-order valence-electron chi connectivity index (χ0n) is 23.7. The monoisotopic (exact) mass is 562 g/mol. The summed E-state index contributed by atoms with van der Waals surface area (Å²) in [5.41, 5.74) is 8.04. The molecule has 5 rings (SSSR count). The number of benzene rings is 1. The summed E-state index contributed by atoms with van der Waals surface area (Å²) >= 11 is 0. The van der Waals surface area contributed by atoms with Crippen LogP contribution in [0.2, 0.25) is 0 Å². The number of amides is 1. The first kappa shape index (κ1) is 30.1. The molecule has 8 heteroatoms. The SMILES string of the molecule is COC(=O)[C@H]1CC[C@]2(N)[C@@H]3CC[C@@H]4C[C@@H](OC(=O)NC(CO)Cc5ccccc5)CC[C@]4(C)[C@H]3CC[C@]12C.Cl. The number of esters is 1. The van der Waals surface area contributed by atoms with E-state index in [1.807, 2.05) is 30.3 Å². The van der Waals surface area contributed by atoms with Gasteiger partial charge in [-0.3, -0.25) is 4.79 Å². The maximum atomic E-state index is 12.8. The lowest BCUT2D eigenvalue weighted by molar-refractivity contribution is -0.160. The summed E-state index contributed by atoms with van der Waals surface area (Å²) in [6, 6.07) is 9.49. The van der Waals surface area contributed by atoms with Gasteiger partial charge in [0.15, 0.2) is 0 Å². The van der Waals surface area contributed by atoms with Crippen molar-refractivity contribution in [3.05, 3.63) is 35.9 Å². The normalized spacial score (nSPS) is 39.7. The standard InChI is InChI=1S/C31H46N2O5.ClH/c1-29-14-11-23(38-28(36)33-22(19-34)17-20-7-5-4-6-8-20)18-21(29)9-10-25-24(29)12-15-30(2)26(27(35)37-3)13-16-31(25,30)32;/h4-8,21-26,34H,9-19,32H2,1-3H3,(H,33,36);1H/t21-,22?,23+,24+,25-,26-,29+,30-,31+;/m1./s1. The molecule has 0 saturated heterocycles. The third-order valence-corrected chi connectivity index (χ3v) is 11.6. The molecule has 39 heavy (non-hydrogen) atoms. The summed E-state index contributed by atoms with van der Waals surface area (Å²) in [5.74, 6) is 1.26. The molecule has 4 fully saturated rings. The van der Waals surface area contributed by atoms with Crippen LogP contribution in [0.5, 0.6) is 0 Å². The van der Waals surface area contributed by atoms with E-state index in [9.17, 15) is 14.7 Å². The number of halogens is 1. The number of alkyl carbamates (subject to hydrolysis) is 1.